The van der Waals surface area contributed by atoms with Crippen molar-refractivity contribution < 1.29 is 8.42 Å². The highest BCUT2D eigenvalue weighted by atomic mass is 32.2. The Kier molecular flexibility index (Phi) is 3.28. The summed E-state index contributed by atoms with van der Waals surface area (Å²) in [6, 6.07) is 8.64. The van der Waals surface area contributed by atoms with Crippen LogP contribution in [0.15, 0.2) is 35.2 Å². The predicted molar refractivity (Wildman–Crippen MR) is 62.7 cm³/mol. The summed E-state index contributed by atoms with van der Waals surface area (Å²) in [7, 11) is -1.68. The van der Waals surface area contributed by atoms with E-state index in [0.29, 0.717) is 4.90 Å². The van der Waals surface area contributed by atoms with E-state index in [1.807, 2.05) is 6.07 Å². The molecule has 1 aromatic rings. The van der Waals surface area contributed by atoms with Crippen molar-refractivity contribution in [3.8, 4) is 0 Å². The molecule has 16 heavy (non-hydrogen) atoms. The van der Waals surface area contributed by atoms with E-state index >= 15 is 0 Å². The van der Waals surface area contributed by atoms with Crippen molar-refractivity contribution in [1.82, 2.24) is 9.62 Å². The first-order chi connectivity index (χ1) is 7.62. The minimum Gasteiger partial charge on any atom is -0.315 e. The van der Waals surface area contributed by atoms with Crippen LogP contribution < -0.4 is 5.32 Å². The van der Waals surface area contributed by atoms with Crippen molar-refractivity contribution in [2.75, 3.05) is 20.1 Å². The Labute approximate surface area is 96.3 Å². The lowest BCUT2D eigenvalue weighted by molar-refractivity contribution is 0.388. The van der Waals surface area contributed by atoms with E-state index in [0.717, 1.165) is 19.5 Å². The lowest BCUT2D eigenvalue weighted by Crippen LogP contribution is -2.38. The highest BCUT2D eigenvalue weighted by Gasteiger charge is 2.29. The average molecular weight is 240 g/mol. The first-order valence-corrected chi connectivity index (χ1v) is 6.80. The predicted octanol–water partition coefficient (Wildman–Crippen LogP) is 0.669. The smallest absolute Gasteiger partial charge is 0.243 e. The molecule has 0 bridgehead atoms. The Hall–Kier alpha value is -0.910. The standard InChI is InChI=1S/C11H16N2O2S/c1-13(10-7-8-12-9-10)16(14,15)11-5-3-2-4-6-11/h2-6,10,12H,7-9H2,1H3. The van der Waals surface area contributed by atoms with E-state index in [1.165, 1.54) is 4.31 Å². The van der Waals surface area contributed by atoms with E-state index in [9.17, 15) is 8.42 Å². The summed E-state index contributed by atoms with van der Waals surface area (Å²) in [5, 5.41) is 3.17. The zero-order valence-corrected chi connectivity index (χ0v) is 10.1. The monoisotopic (exact) mass is 240 g/mol. The maximum absolute atomic E-state index is 12.2. The largest absolute Gasteiger partial charge is 0.315 e. The average Bonchev–Trinajstić information content (AvgIpc) is 2.82. The molecule has 0 amide bonds. The molecule has 88 valence electrons. The first kappa shape index (κ1) is 11.6. The van der Waals surface area contributed by atoms with Gasteiger partial charge in [-0.25, -0.2) is 8.42 Å². The summed E-state index contributed by atoms with van der Waals surface area (Å²) < 4.78 is 25.9. The Bertz CT molecular complexity index is 438. The fraction of sp³-hybridized carbons (Fsp3) is 0.455. The molecule has 0 aliphatic carbocycles. The van der Waals surface area contributed by atoms with Gasteiger partial charge < -0.3 is 5.32 Å². The van der Waals surface area contributed by atoms with Crippen LogP contribution in [0.25, 0.3) is 0 Å². The van der Waals surface area contributed by atoms with E-state index in [4.69, 9.17) is 0 Å². The van der Waals surface area contributed by atoms with Crippen LogP contribution in [-0.4, -0.2) is 38.9 Å². The molecule has 0 radical (unpaired) electrons. The number of hydrogen-bond acceptors (Lipinski definition) is 3. The molecule has 4 nitrogen and oxygen atoms in total. The van der Waals surface area contributed by atoms with Crippen LogP contribution in [-0.2, 0) is 10.0 Å². The Morgan fingerprint density at radius 1 is 1.31 bits per heavy atom. The quantitative estimate of drug-likeness (QED) is 0.845. The minimum atomic E-state index is -3.33. The number of likely N-dealkylation sites (N-methyl/N-ethyl adjacent to an activating group) is 1. The van der Waals surface area contributed by atoms with Crippen LogP contribution in [0, 0.1) is 0 Å². The van der Waals surface area contributed by atoms with Crippen LogP contribution in [0.2, 0.25) is 0 Å². The van der Waals surface area contributed by atoms with Gasteiger partial charge in [0.1, 0.15) is 0 Å². The molecule has 1 aliphatic rings. The van der Waals surface area contributed by atoms with E-state index in [2.05, 4.69) is 5.32 Å². The zero-order valence-electron chi connectivity index (χ0n) is 9.26. The molecule has 0 spiro atoms. The maximum Gasteiger partial charge on any atom is 0.243 e. The number of sulfonamides is 1. The lowest BCUT2D eigenvalue weighted by atomic mass is 10.3. The number of benzene rings is 1. The van der Waals surface area contributed by atoms with Crippen molar-refractivity contribution in [3.63, 3.8) is 0 Å². The van der Waals surface area contributed by atoms with Crippen molar-refractivity contribution in [3.05, 3.63) is 30.3 Å². The minimum absolute atomic E-state index is 0.0743. The molecule has 5 heteroatoms. The summed E-state index contributed by atoms with van der Waals surface area (Å²) in [5.74, 6) is 0. The molecular formula is C11H16N2O2S. The van der Waals surface area contributed by atoms with Crippen molar-refractivity contribution in [2.45, 2.75) is 17.4 Å². The van der Waals surface area contributed by atoms with E-state index in [-0.39, 0.29) is 6.04 Å². The van der Waals surface area contributed by atoms with E-state index < -0.39 is 10.0 Å². The Balaban J connectivity index is 2.25. The SMILES string of the molecule is CN(C1CCNC1)S(=O)(=O)c1ccccc1. The molecule has 1 unspecified atom stereocenters. The third-order valence-electron chi connectivity index (χ3n) is 2.97. The van der Waals surface area contributed by atoms with Gasteiger partial charge in [-0.15, -0.1) is 0 Å². The second kappa shape index (κ2) is 4.53. The molecule has 1 N–H and O–H groups in total. The van der Waals surface area contributed by atoms with Crippen LogP contribution in [0.4, 0.5) is 0 Å². The fourth-order valence-corrected chi connectivity index (χ4v) is 3.31. The third kappa shape index (κ3) is 2.11. The van der Waals surface area contributed by atoms with Crippen molar-refractivity contribution in [2.24, 2.45) is 0 Å². The topological polar surface area (TPSA) is 49.4 Å². The second-order valence-corrected chi connectivity index (χ2v) is 5.98. The highest BCUT2D eigenvalue weighted by Crippen LogP contribution is 2.18. The van der Waals surface area contributed by atoms with Gasteiger partial charge in [-0.3, -0.25) is 0 Å². The molecule has 1 aromatic carbocycles. The van der Waals surface area contributed by atoms with Gasteiger partial charge in [-0.2, -0.15) is 4.31 Å². The molecule has 0 aromatic heterocycles. The van der Waals surface area contributed by atoms with Gasteiger partial charge in [0.05, 0.1) is 4.90 Å². The molecule has 1 fully saturated rings. The summed E-state index contributed by atoms with van der Waals surface area (Å²) >= 11 is 0. The first-order valence-electron chi connectivity index (χ1n) is 5.36. The summed E-state index contributed by atoms with van der Waals surface area (Å²) in [5.41, 5.74) is 0. The fourth-order valence-electron chi connectivity index (χ4n) is 1.90. The molecule has 1 heterocycles. The van der Waals surface area contributed by atoms with Crippen LogP contribution in [0.3, 0.4) is 0 Å². The van der Waals surface area contributed by atoms with Crippen LogP contribution in [0.5, 0.6) is 0 Å². The molecule has 1 saturated heterocycles. The Morgan fingerprint density at radius 2 is 2.00 bits per heavy atom. The number of hydrogen-bond donors (Lipinski definition) is 1. The summed E-state index contributed by atoms with van der Waals surface area (Å²) in [6.07, 6.45) is 0.878. The molecule has 1 atom stereocenters. The molecule has 0 saturated carbocycles. The zero-order chi connectivity index (χ0) is 11.6. The van der Waals surface area contributed by atoms with Gasteiger partial charge in [0.25, 0.3) is 0 Å². The van der Waals surface area contributed by atoms with Gasteiger partial charge >= 0.3 is 0 Å². The number of rotatable bonds is 3. The molecule has 2 rings (SSSR count). The van der Waals surface area contributed by atoms with Gasteiger partial charge in [-0.05, 0) is 25.1 Å². The van der Waals surface area contributed by atoms with Crippen molar-refractivity contribution in [1.29, 1.82) is 0 Å². The van der Waals surface area contributed by atoms with Gasteiger partial charge in [0, 0.05) is 19.6 Å². The van der Waals surface area contributed by atoms with Crippen molar-refractivity contribution >= 4 is 10.0 Å². The van der Waals surface area contributed by atoms with E-state index in [1.54, 1.807) is 31.3 Å². The summed E-state index contributed by atoms with van der Waals surface area (Å²) in [4.78, 5) is 0.365. The Morgan fingerprint density at radius 3 is 2.56 bits per heavy atom. The molecule has 1 aliphatic heterocycles. The molecular weight excluding hydrogens is 224 g/mol. The van der Waals surface area contributed by atoms with Crippen LogP contribution in [0.1, 0.15) is 6.42 Å². The maximum atomic E-state index is 12.2. The number of nitrogens with one attached hydrogen (secondary N) is 1. The highest BCUT2D eigenvalue weighted by molar-refractivity contribution is 7.89. The number of nitrogens with zero attached hydrogens (tertiary/aromatic N) is 1. The second-order valence-electron chi connectivity index (χ2n) is 3.98. The van der Waals surface area contributed by atoms with Gasteiger partial charge in [0.15, 0.2) is 0 Å². The third-order valence-corrected chi connectivity index (χ3v) is 4.89. The lowest BCUT2D eigenvalue weighted by Gasteiger charge is -2.23. The summed E-state index contributed by atoms with van der Waals surface area (Å²) in [6.45, 7) is 1.63. The van der Waals surface area contributed by atoms with Gasteiger partial charge in [0.2, 0.25) is 10.0 Å². The van der Waals surface area contributed by atoms with Crippen LogP contribution >= 0.6 is 0 Å². The van der Waals surface area contributed by atoms with Gasteiger partial charge in [-0.1, -0.05) is 18.2 Å². The normalized spacial score (nSPS) is 21.5.